The molecule has 0 radical (unpaired) electrons. The number of fused-ring (bicyclic) bond motifs is 3. The molecule has 1 saturated carbocycles. The van der Waals surface area contributed by atoms with Crippen LogP contribution in [-0.2, 0) is 9.59 Å². The molecular weight excluding hydrogens is 340 g/mol. The molecule has 3 heterocycles. The molecule has 0 aromatic rings. The fourth-order valence-electron chi connectivity index (χ4n) is 5.20. The van der Waals surface area contributed by atoms with E-state index in [1.54, 1.807) is 6.92 Å². The second kappa shape index (κ2) is 6.59. The first-order valence-electron chi connectivity index (χ1n) is 9.31. The predicted octanol–water partition coefficient (Wildman–Crippen LogP) is 1.06. The van der Waals surface area contributed by atoms with E-state index >= 15 is 0 Å². The molecule has 1 unspecified atom stereocenters. The van der Waals surface area contributed by atoms with Crippen LogP contribution in [0.15, 0.2) is 11.3 Å². The summed E-state index contributed by atoms with van der Waals surface area (Å²) in [7, 11) is 0. The van der Waals surface area contributed by atoms with Gasteiger partial charge in [0.05, 0.1) is 18.1 Å². The van der Waals surface area contributed by atoms with Crippen molar-refractivity contribution in [2.24, 2.45) is 17.8 Å². The average molecular weight is 366 g/mol. The molecule has 1 aliphatic carbocycles. The molecule has 2 saturated heterocycles. The normalized spacial score (nSPS) is 38.4. The number of aliphatic hydroxyl groups is 1. The van der Waals surface area contributed by atoms with Crippen LogP contribution in [-0.4, -0.2) is 63.2 Å². The number of nitrogens with zero attached hydrogens (tertiary/aromatic N) is 1. The first kappa shape index (κ1) is 17.4. The van der Waals surface area contributed by atoms with E-state index in [0.717, 1.165) is 43.7 Å². The van der Waals surface area contributed by atoms with Crippen molar-refractivity contribution in [3.8, 4) is 0 Å². The van der Waals surface area contributed by atoms with Crippen molar-refractivity contribution in [1.82, 2.24) is 10.2 Å². The van der Waals surface area contributed by atoms with Gasteiger partial charge in [0.2, 0.25) is 5.91 Å². The van der Waals surface area contributed by atoms with Crippen molar-refractivity contribution in [2.45, 2.75) is 50.0 Å². The molecule has 7 heteroatoms. The second-order valence-corrected chi connectivity index (χ2v) is 9.09. The number of carbonyl (C=O) groups excluding carboxylic acids is 1. The van der Waals surface area contributed by atoms with Crippen molar-refractivity contribution in [3.05, 3.63) is 11.3 Å². The summed E-state index contributed by atoms with van der Waals surface area (Å²) in [5.41, 5.74) is 1.21. The Hall–Kier alpha value is -1.05. The van der Waals surface area contributed by atoms with Crippen molar-refractivity contribution in [1.29, 1.82) is 0 Å². The molecule has 3 fully saturated rings. The fraction of sp³-hybridized carbons (Fsp3) is 0.778. The van der Waals surface area contributed by atoms with Gasteiger partial charge in [-0.15, -0.1) is 0 Å². The van der Waals surface area contributed by atoms with Crippen LogP contribution in [0.1, 0.15) is 32.6 Å². The number of hydrogen-bond donors (Lipinski definition) is 3. The average Bonchev–Trinajstić information content (AvgIpc) is 3.17. The second-order valence-electron chi connectivity index (χ2n) is 7.76. The van der Waals surface area contributed by atoms with Crippen LogP contribution >= 0.6 is 11.8 Å². The van der Waals surface area contributed by atoms with E-state index in [1.165, 1.54) is 11.3 Å². The van der Waals surface area contributed by atoms with Crippen LogP contribution in [0.5, 0.6) is 0 Å². The van der Waals surface area contributed by atoms with Gasteiger partial charge in [0.1, 0.15) is 5.70 Å². The Balaban J connectivity index is 1.59. The highest BCUT2D eigenvalue weighted by Gasteiger charge is 2.62. The third kappa shape index (κ3) is 2.71. The lowest BCUT2D eigenvalue weighted by Gasteiger charge is -2.47. The first-order valence-corrected chi connectivity index (χ1v) is 10.4. The Morgan fingerprint density at radius 2 is 2.20 bits per heavy atom. The number of carboxylic acids is 1. The lowest BCUT2D eigenvalue weighted by molar-refractivity contribution is -0.163. The van der Waals surface area contributed by atoms with Crippen molar-refractivity contribution in [3.63, 3.8) is 0 Å². The SMILES string of the molecule is C[C@@H](O)C1C(=O)N2C(C(=O)O)=C3[C@H](CS[C@H]4CCNC4)CCC[C@@H]3[C@H]12. The Kier molecular flexibility index (Phi) is 4.58. The molecule has 6 nitrogen and oxygen atoms in total. The fourth-order valence-corrected chi connectivity index (χ4v) is 6.57. The number of β-lactam (4-membered cyclic amide) rings is 1. The number of carbonyl (C=O) groups is 2. The molecular formula is C18H26N2O4S. The molecule has 3 N–H and O–H groups in total. The molecule has 3 aliphatic heterocycles. The summed E-state index contributed by atoms with van der Waals surface area (Å²) in [5.74, 6) is -0.358. The molecule has 0 spiro atoms. The number of rotatable bonds is 5. The number of carboxylic acid groups (broad SMARTS) is 1. The maximum Gasteiger partial charge on any atom is 0.352 e. The van der Waals surface area contributed by atoms with E-state index in [0.29, 0.717) is 5.25 Å². The van der Waals surface area contributed by atoms with Gasteiger partial charge in [-0.2, -0.15) is 11.8 Å². The maximum atomic E-state index is 12.5. The quantitative estimate of drug-likeness (QED) is 0.631. The number of amides is 1. The van der Waals surface area contributed by atoms with Gasteiger partial charge in [-0.25, -0.2) is 4.79 Å². The topological polar surface area (TPSA) is 89.9 Å². The van der Waals surface area contributed by atoms with Gasteiger partial charge < -0.3 is 20.4 Å². The van der Waals surface area contributed by atoms with E-state index in [2.05, 4.69) is 5.32 Å². The van der Waals surface area contributed by atoms with Crippen LogP contribution in [0.4, 0.5) is 0 Å². The monoisotopic (exact) mass is 366 g/mol. The molecule has 6 atom stereocenters. The lowest BCUT2D eigenvalue weighted by Crippen LogP contribution is -2.64. The number of hydrogen-bond acceptors (Lipinski definition) is 5. The zero-order valence-electron chi connectivity index (χ0n) is 14.5. The van der Waals surface area contributed by atoms with Crippen molar-refractivity contribution in [2.75, 3.05) is 18.8 Å². The molecule has 1 amide bonds. The number of aliphatic carboxylic acids is 1. The first-order chi connectivity index (χ1) is 12.0. The minimum Gasteiger partial charge on any atom is -0.477 e. The summed E-state index contributed by atoms with van der Waals surface area (Å²) in [6.07, 6.45) is 3.45. The Bertz CT molecular complexity index is 614. The summed E-state index contributed by atoms with van der Waals surface area (Å²) in [6.45, 7) is 3.74. The molecule has 4 aliphatic rings. The largest absolute Gasteiger partial charge is 0.477 e. The third-order valence-corrected chi connectivity index (χ3v) is 7.76. The van der Waals surface area contributed by atoms with Crippen LogP contribution < -0.4 is 5.32 Å². The molecule has 0 aromatic heterocycles. The van der Waals surface area contributed by atoms with Crippen LogP contribution in [0, 0.1) is 17.8 Å². The Labute approximate surface area is 152 Å². The smallest absolute Gasteiger partial charge is 0.352 e. The molecule has 0 aromatic carbocycles. The van der Waals surface area contributed by atoms with Crippen molar-refractivity contribution >= 4 is 23.6 Å². The third-order valence-electron chi connectivity index (χ3n) is 6.29. The number of thioether (sulfide) groups is 1. The van der Waals surface area contributed by atoms with Gasteiger partial charge in [0, 0.05) is 23.5 Å². The van der Waals surface area contributed by atoms with E-state index < -0.39 is 18.0 Å². The minimum absolute atomic E-state index is 0.115. The van der Waals surface area contributed by atoms with E-state index in [-0.39, 0.29) is 29.5 Å². The summed E-state index contributed by atoms with van der Waals surface area (Å²) in [6, 6.07) is -0.144. The van der Waals surface area contributed by atoms with E-state index in [9.17, 15) is 19.8 Å². The summed E-state index contributed by atoms with van der Waals surface area (Å²) >= 11 is 1.94. The maximum absolute atomic E-state index is 12.5. The molecule has 0 bridgehead atoms. The highest BCUT2D eigenvalue weighted by Crippen LogP contribution is 2.54. The standard InChI is InChI=1S/C18H26N2O4S/c1-9(21)13-15-12-4-2-3-10(8-25-11-5-6-19-7-11)14(12)16(18(23)24)20(15)17(13)22/h9-13,15,19,21H,2-8H2,1H3,(H,23,24)/t9-,10+,11+,12+,13?,15-/m1/s1. The molecule has 25 heavy (non-hydrogen) atoms. The summed E-state index contributed by atoms with van der Waals surface area (Å²) < 4.78 is 0. The molecule has 4 rings (SSSR count). The van der Waals surface area contributed by atoms with Gasteiger partial charge >= 0.3 is 5.97 Å². The van der Waals surface area contributed by atoms with Gasteiger partial charge in [-0.1, -0.05) is 6.42 Å². The van der Waals surface area contributed by atoms with Gasteiger partial charge in [0.15, 0.2) is 0 Å². The zero-order chi connectivity index (χ0) is 17.7. The highest BCUT2D eigenvalue weighted by atomic mass is 32.2. The molecule has 138 valence electrons. The van der Waals surface area contributed by atoms with Gasteiger partial charge in [-0.05, 0) is 44.2 Å². The zero-order valence-corrected chi connectivity index (χ0v) is 15.3. The van der Waals surface area contributed by atoms with Gasteiger partial charge in [0.25, 0.3) is 0 Å². The lowest BCUT2D eigenvalue weighted by atomic mass is 9.70. The number of aliphatic hydroxyl groups excluding tert-OH is 1. The van der Waals surface area contributed by atoms with E-state index in [4.69, 9.17) is 0 Å². The summed E-state index contributed by atoms with van der Waals surface area (Å²) in [4.78, 5) is 25.9. The van der Waals surface area contributed by atoms with Crippen LogP contribution in [0.2, 0.25) is 0 Å². The minimum atomic E-state index is -0.987. The number of nitrogens with one attached hydrogen (secondary N) is 1. The van der Waals surface area contributed by atoms with Crippen LogP contribution in [0.3, 0.4) is 0 Å². The van der Waals surface area contributed by atoms with E-state index in [1.807, 2.05) is 11.8 Å². The van der Waals surface area contributed by atoms with Crippen molar-refractivity contribution < 1.29 is 19.8 Å². The predicted molar refractivity (Wildman–Crippen MR) is 95.0 cm³/mol. The summed E-state index contributed by atoms with van der Waals surface area (Å²) in [5, 5.41) is 23.8. The van der Waals surface area contributed by atoms with Gasteiger partial charge in [-0.3, -0.25) is 4.79 Å². The Morgan fingerprint density at radius 3 is 2.84 bits per heavy atom. The highest BCUT2D eigenvalue weighted by molar-refractivity contribution is 7.99. The van der Waals surface area contributed by atoms with Crippen LogP contribution in [0.25, 0.3) is 0 Å². The Morgan fingerprint density at radius 1 is 1.40 bits per heavy atom.